The number of unbranched alkanes of at least 4 members (excludes halogenated alkanes) is 19. The summed E-state index contributed by atoms with van der Waals surface area (Å²) in [5.74, 6) is -1.34. The number of hydrogen-bond donors (Lipinski definition) is 3. The van der Waals surface area contributed by atoms with Crippen molar-refractivity contribution in [3.05, 3.63) is 12.2 Å². The lowest BCUT2D eigenvalue weighted by Gasteiger charge is -2.15. The van der Waals surface area contributed by atoms with Gasteiger partial charge in [0, 0.05) is 12.8 Å². The molecule has 1 amide bonds. The Morgan fingerprint density at radius 1 is 0.659 bits per heavy atom. The van der Waals surface area contributed by atoms with Gasteiger partial charge in [-0.3, -0.25) is 9.59 Å². The highest BCUT2D eigenvalue weighted by atomic mass is 16.5. The van der Waals surface area contributed by atoms with Crippen molar-refractivity contribution in [3.63, 3.8) is 0 Å². The predicted octanol–water partition coefficient (Wildman–Crippen LogP) is 9.55. The molecular formula is C37H70N2O5. The molecular weight excluding hydrogens is 552 g/mol. The Kier molecular flexibility index (Phi) is 31.1. The van der Waals surface area contributed by atoms with E-state index in [9.17, 15) is 19.5 Å². The fourth-order valence-electron chi connectivity index (χ4n) is 5.48. The summed E-state index contributed by atoms with van der Waals surface area (Å²) in [6.07, 6.45) is 33.1. The standard InChI is InChI=1S/C37H70N2O5/c1-3-5-7-8-9-10-11-12-13-14-15-16-17-18-19-25-31-36(41)44-33(27-22-6-4-2)28-23-20-21-24-30-35(40)39-34(37(42)43)29-26-32-38/h22,27,33-34H,3-21,23-26,28-32,38H2,1-2H3,(H,39,40)(H,42,43)/b27-22-. The fraction of sp³-hybridized carbons (Fsp3) is 0.865. The molecule has 4 N–H and O–H groups in total. The van der Waals surface area contributed by atoms with Gasteiger partial charge in [0.2, 0.25) is 5.91 Å². The summed E-state index contributed by atoms with van der Waals surface area (Å²) in [4.78, 5) is 35.9. The average molecular weight is 623 g/mol. The number of ether oxygens (including phenoxy) is 1. The summed E-state index contributed by atoms with van der Waals surface area (Å²) in [6.45, 7) is 4.81. The van der Waals surface area contributed by atoms with Gasteiger partial charge in [0.15, 0.2) is 0 Å². The van der Waals surface area contributed by atoms with E-state index in [4.69, 9.17) is 10.5 Å². The molecule has 2 unspecified atom stereocenters. The number of hydrogen-bond acceptors (Lipinski definition) is 5. The Labute approximate surface area is 270 Å². The normalized spacial score (nSPS) is 12.8. The van der Waals surface area contributed by atoms with E-state index >= 15 is 0 Å². The number of carbonyl (C=O) groups excluding carboxylic acids is 2. The monoisotopic (exact) mass is 623 g/mol. The predicted molar refractivity (Wildman–Crippen MR) is 184 cm³/mol. The SMILES string of the molecule is CCC/C=C\C(CCCCCCC(=O)NC(CCCN)C(=O)O)OC(=O)CCCCCCCCCCCCCCCCCC. The maximum atomic E-state index is 12.5. The van der Waals surface area contributed by atoms with Crippen LogP contribution in [0.3, 0.4) is 0 Å². The van der Waals surface area contributed by atoms with Gasteiger partial charge in [-0.2, -0.15) is 0 Å². The van der Waals surface area contributed by atoms with E-state index in [1.807, 2.05) is 6.08 Å². The van der Waals surface area contributed by atoms with Crippen molar-refractivity contribution < 1.29 is 24.2 Å². The summed E-state index contributed by atoms with van der Waals surface area (Å²) < 4.78 is 5.81. The van der Waals surface area contributed by atoms with Gasteiger partial charge in [-0.05, 0) is 57.6 Å². The molecule has 0 aromatic rings. The first-order valence-electron chi connectivity index (χ1n) is 18.5. The van der Waals surface area contributed by atoms with E-state index in [0.717, 1.165) is 51.4 Å². The number of carboxylic acid groups (broad SMARTS) is 1. The Morgan fingerprint density at radius 3 is 1.66 bits per heavy atom. The summed E-state index contributed by atoms with van der Waals surface area (Å²) in [5, 5.41) is 11.8. The summed E-state index contributed by atoms with van der Waals surface area (Å²) in [6, 6.07) is -0.865. The lowest BCUT2D eigenvalue weighted by Crippen LogP contribution is -2.40. The third-order valence-corrected chi connectivity index (χ3v) is 8.30. The zero-order chi connectivity index (χ0) is 32.5. The van der Waals surface area contributed by atoms with Gasteiger partial charge in [-0.15, -0.1) is 0 Å². The summed E-state index contributed by atoms with van der Waals surface area (Å²) in [7, 11) is 0. The lowest BCUT2D eigenvalue weighted by atomic mass is 10.0. The van der Waals surface area contributed by atoms with Crippen LogP contribution in [0.1, 0.15) is 187 Å². The molecule has 0 aromatic heterocycles. The number of amides is 1. The first-order chi connectivity index (χ1) is 21.4. The smallest absolute Gasteiger partial charge is 0.326 e. The van der Waals surface area contributed by atoms with E-state index in [1.165, 1.54) is 89.9 Å². The molecule has 0 aliphatic rings. The Hall–Kier alpha value is -1.89. The van der Waals surface area contributed by atoms with Gasteiger partial charge in [0.1, 0.15) is 12.1 Å². The van der Waals surface area contributed by atoms with Crippen molar-refractivity contribution in [2.45, 2.75) is 199 Å². The van der Waals surface area contributed by atoms with Gasteiger partial charge in [0.05, 0.1) is 0 Å². The molecule has 0 bridgehead atoms. The second-order valence-electron chi connectivity index (χ2n) is 12.6. The molecule has 0 aromatic carbocycles. The van der Waals surface area contributed by atoms with Crippen molar-refractivity contribution in [2.75, 3.05) is 6.54 Å². The molecule has 0 saturated carbocycles. The van der Waals surface area contributed by atoms with Crippen LogP contribution < -0.4 is 11.1 Å². The summed E-state index contributed by atoms with van der Waals surface area (Å²) >= 11 is 0. The van der Waals surface area contributed by atoms with E-state index in [1.54, 1.807) is 0 Å². The van der Waals surface area contributed by atoms with Crippen LogP contribution in [0, 0.1) is 0 Å². The van der Waals surface area contributed by atoms with E-state index < -0.39 is 12.0 Å². The van der Waals surface area contributed by atoms with Crippen molar-refractivity contribution in [3.8, 4) is 0 Å². The molecule has 0 radical (unpaired) electrons. The first-order valence-corrected chi connectivity index (χ1v) is 18.5. The van der Waals surface area contributed by atoms with Crippen LogP contribution in [0.2, 0.25) is 0 Å². The largest absolute Gasteiger partial charge is 0.480 e. The topological polar surface area (TPSA) is 119 Å². The molecule has 0 spiro atoms. The van der Waals surface area contributed by atoms with Crippen LogP contribution in [-0.4, -0.2) is 41.6 Å². The van der Waals surface area contributed by atoms with Gasteiger partial charge < -0.3 is 20.9 Å². The number of rotatable bonds is 33. The number of nitrogens with one attached hydrogen (secondary N) is 1. The van der Waals surface area contributed by atoms with Gasteiger partial charge in [-0.1, -0.05) is 135 Å². The van der Waals surface area contributed by atoms with E-state index in [0.29, 0.717) is 38.6 Å². The quantitative estimate of drug-likeness (QED) is 0.0381. The molecule has 44 heavy (non-hydrogen) atoms. The second kappa shape index (κ2) is 32.5. The number of nitrogens with two attached hydrogens (primary N) is 1. The van der Waals surface area contributed by atoms with Crippen molar-refractivity contribution >= 4 is 17.8 Å². The molecule has 2 atom stereocenters. The fourth-order valence-corrected chi connectivity index (χ4v) is 5.48. The van der Waals surface area contributed by atoms with Gasteiger partial charge in [0.25, 0.3) is 0 Å². The first kappa shape index (κ1) is 42.1. The van der Waals surface area contributed by atoms with Crippen LogP contribution in [-0.2, 0) is 19.1 Å². The minimum Gasteiger partial charge on any atom is -0.480 e. The molecule has 7 heteroatoms. The Balaban J connectivity index is 3.93. The highest BCUT2D eigenvalue weighted by molar-refractivity contribution is 5.83. The van der Waals surface area contributed by atoms with Crippen LogP contribution in [0.25, 0.3) is 0 Å². The number of esters is 1. The van der Waals surface area contributed by atoms with Gasteiger partial charge >= 0.3 is 11.9 Å². The minimum absolute atomic E-state index is 0.0965. The highest BCUT2D eigenvalue weighted by Crippen LogP contribution is 2.16. The third kappa shape index (κ3) is 28.9. The highest BCUT2D eigenvalue weighted by Gasteiger charge is 2.19. The molecule has 0 aliphatic heterocycles. The van der Waals surface area contributed by atoms with Crippen LogP contribution in [0.4, 0.5) is 0 Å². The van der Waals surface area contributed by atoms with E-state index in [-0.39, 0.29) is 18.0 Å². The number of carboxylic acids is 1. The lowest BCUT2D eigenvalue weighted by molar-refractivity contribution is -0.147. The third-order valence-electron chi connectivity index (χ3n) is 8.30. The summed E-state index contributed by atoms with van der Waals surface area (Å²) in [5.41, 5.74) is 5.45. The van der Waals surface area contributed by atoms with Crippen molar-refractivity contribution in [2.24, 2.45) is 5.73 Å². The van der Waals surface area contributed by atoms with Gasteiger partial charge in [-0.25, -0.2) is 4.79 Å². The van der Waals surface area contributed by atoms with Crippen LogP contribution in [0.5, 0.6) is 0 Å². The average Bonchev–Trinajstić information content (AvgIpc) is 3.00. The molecule has 0 heterocycles. The molecule has 0 fully saturated rings. The van der Waals surface area contributed by atoms with Crippen LogP contribution in [0.15, 0.2) is 12.2 Å². The number of aliphatic carboxylic acids is 1. The van der Waals surface area contributed by atoms with Crippen molar-refractivity contribution in [1.29, 1.82) is 0 Å². The maximum Gasteiger partial charge on any atom is 0.326 e. The zero-order valence-corrected chi connectivity index (χ0v) is 28.8. The maximum absolute atomic E-state index is 12.5. The Bertz CT molecular complexity index is 712. The molecule has 0 saturated heterocycles. The Morgan fingerprint density at radius 2 is 1.16 bits per heavy atom. The van der Waals surface area contributed by atoms with E-state index in [2.05, 4.69) is 25.2 Å². The number of carbonyl (C=O) groups is 3. The second-order valence-corrected chi connectivity index (χ2v) is 12.6. The molecule has 7 nitrogen and oxygen atoms in total. The zero-order valence-electron chi connectivity index (χ0n) is 28.8. The molecule has 0 aliphatic carbocycles. The molecule has 0 rings (SSSR count). The molecule has 258 valence electrons. The minimum atomic E-state index is -1.02. The number of allylic oxidation sites excluding steroid dienone is 1. The van der Waals surface area contributed by atoms with Crippen LogP contribution >= 0.6 is 0 Å². The van der Waals surface area contributed by atoms with Crippen molar-refractivity contribution in [1.82, 2.24) is 5.32 Å².